The van der Waals surface area contributed by atoms with Gasteiger partial charge in [-0.3, -0.25) is 18.6 Å². The summed E-state index contributed by atoms with van der Waals surface area (Å²) in [6.45, 7) is 3.69. The highest BCUT2D eigenvalue weighted by Crippen LogP contribution is 2.43. The molecule has 0 aliphatic rings. The molecule has 0 aromatic heterocycles. The van der Waals surface area contributed by atoms with Crippen LogP contribution in [0.15, 0.2) is 48.6 Å². The summed E-state index contributed by atoms with van der Waals surface area (Å²) in [5.41, 5.74) is 5.35. The molecule has 0 spiro atoms. The fraction of sp³-hybridized carbons (Fsp3) is 0.787. The number of hydrogen-bond acceptors (Lipinski definition) is 8. The summed E-state index contributed by atoms with van der Waals surface area (Å²) in [4.78, 5) is 34.9. The molecule has 0 saturated heterocycles. The van der Waals surface area contributed by atoms with Gasteiger partial charge in [0.1, 0.15) is 6.61 Å². The summed E-state index contributed by atoms with van der Waals surface area (Å²) < 4.78 is 32.8. The van der Waals surface area contributed by atoms with E-state index in [4.69, 9.17) is 24.3 Å². The fourth-order valence-corrected chi connectivity index (χ4v) is 6.99. The number of phosphoric acid groups is 1. The Morgan fingerprint density at radius 2 is 0.912 bits per heavy atom. The minimum absolute atomic E-state index is 0.0495. The number of esters is 2. The zero-order valence-corrected chi connectivity index (χ0v) is 37.5. The summed E-state index contributed by atoms with van der Waals surface area (Å²) in [6.07, 6.45) is 49.9. The highest BCUT2D eigenvalue weighted by molar-refractivity contribution is 7.47. The van der Waals surface area contributed by atoms with Gasteiger partial charge in [0.15, 0.2) is 6.10 Å². The highest BCUT2D eigenvalue weighted by atomic mass is 31.2. The molecule has 9 nitrogen and oxygen atoms in total. The van der Waals surface area contributed by atoms with Gasteiger partial charge in [-0.05, 0) is 77.0 Å². The first-order chi connectivity index (χ1) is 27.8. The molecule has 57 heavy (non-hydrogen) atoms. The number of allylic oxidation sites excluding steroid dienone is 8. The topological polar surface area (TPSA) is 134 Å². The number of carbonyl (C=O) groups excluding carboxylic acids is 2. The van der Waals surface area contributed by atoms with Crippen molar-refractivity contribution in [3.8, 4) is 0 Å². The number of nitrogens with two attached hydrogens (primary N) is 1. The Hall–Kier alpha value is -2.03. The van der Waals surface area contributed by atoms with Gasteiger partial charge >= 0.3 is 19.8 Å². The van der Waals surface area contributed by atoms with Crippen molar-refractivity contribution in [3.05, 3.63) is 48.6 Å². The van der Waals surface area contributed by atoms with E-state index in [1.165, 1.54) is 103 Å². The van der Waals surface area contributed by atoms with E-state index in [2.05, 4.69) is 62.5 Å². The lowest BCUT2D eigenvalue weighted by Crippen LogP contribution is -2.29. The van der Waals surface area contributed by atoms with Crippen LogP contribution in [0.1, 0.15) is 206 Å². The van der Waals surface area contributed by atoms with Crippen LogP contribution in [0.3, 0.4) is 0 Å². The molecule has 2 unspecified atom stereocenters. The molecule has 0 heterocycles. The van der Waals surface area contributed by atoms with Gasteiger partial charge in [0.05, 0.1) is 13.2 Å². The molecule has 0 aliphatic heterocycles. The maximum atomic E-state index is 12.6. The monoisotopic (exact) mass is 824 g/mol. The molecule has 0 aromatic rings. The van der Waals surface area contributed by atoms with Crippen molar-refractivity contribution in [2.75, 3.05) is 26.4 Å². The lowest BCUT2D eigenvalue weighted by atomic mass is 10.1. The zero-order valence-electron chi connectivity index (χ0n) is 36.6. The van der Waals surface area contributed by atoms with E-state index >= 15 is 0 Å². The van der Waals surface area contributed by atoms with E-state index in [1.807, 2.05) is 0 Å². The number of rotatable bonds is 43. The second kappa shape index (κ2) is 43.5. The lowest BCUT2D eigenvalue weighted by molar-refractivity contribution is -0.161. The molecule has 0 saturated carbocycles. The third kappa shape index (κ3) is 43.4. The summed E-state index contributed by atoms with van der Waals surface area (Å²) in [5, 5.41) is 0. The van der Waals surface area contributed by atoms with Gasteiger partial charge in [0, 0.05) is 19.4 Å². The van der Waals surface area contributed by atoms with Crippen molar-refractivity contribution in [1.29, 1.82) is 0 Å². The Morgan fingerprint density at radius 1 is 0.526 bits per heavy atom. The SMILES string of the molecule is CCCCCC/C=C\C/C=C\CCCCCCCCCC(=O)OCC(COP(=O)(O)OCCN)OC(=O)CCCCCCCCC/C=C\C/C=C\CCCCCC. The lowest BCUT2D eigenvalue weighted by Gasteiger charge is -2.19. The molecular weight excluding hydrogens is 737 g/mol. The molecule has 0 bridgehead atoms. The van der Waals surface area contributed by atoms with E-state index in [0.29, 0.717) is 6.42 Å². The van der Waals surface area contributed by atoms with Crippen molar-refractivity contribution >= 4 is 19.8 Å². The van der Waals surface area contributed by atoms with Gasteiger partial charge in [-0.25, -0.2) is 4.57 Å². The van der Waals surface area contributed by atoms with Crippen molar-refractivity contribution in [3.63, 3.8) is 0 Å². The van der Waals surface area contributed by atoms with Crippen LogP contribution in [0.2, 0.25) is 0 Å². The van der Waals surface area contributed by atoms with Crippen LogP contribution < -0.4 is 5.73 Å². The maximum absolute atomic E-state index is 12.6. The third-order valence-corrected chi connectivity index (χ3v) is 10.7. The van der Waals surface area contributed by atoms with Gasteiger partial charge in [-0.15, -0.1) is 0 Å². The van der Waals surface area contributed by atoms with Crippen LogP contribution in [0.5, 0.6) is 0 Å². The molecule has 332 valence electrons. The number of hydrogen-bond donors (Lipinski definition) is 2. The van der Waals surface area contributed by atoms with Crippen molar-refractivity contribution in [2.24, 2.45) is 5.73 Å². The maximum Gasteiger partial charge on any atom is 0.472 e. The van der Waals surface area contributed by atoms with Crippen LogP contribution in [0.25, 0.3) is 0 Å². The van der Waals surface area contributed by atoms with E-state index in [9.17, 15) is 19.0 Å². The van der Waals surface area contributed by atoms with E-state index in [-0.39, 0.29) is 32.6 Å². The van der Waals surface area contributed by atoms with E-state index in [0.717, 1.165) is 70.6 Å². The molecule has 2 atom stereocenters. The summed E-state index contributed by atoms with van der Waals surface area (Å²) in [5.74, 6) is -0.845. The van der Waals surface area contributed by atoms with Crippen LogP contribution >= 0.6 is 7.82 Å². The van der Waals surface area contributed by atoms with Crippen LogP contribution in [-0.2, 0) is 32.7 Å². The van der Waals surface area contributed by atoms with Crippen LogP contribution in [0.4, 0.5) is 0 Å². The number of unbranched alkanes of at least 4 members (excludes halogenated alkanes) is 22. The quantitative estimate of drug-likeness (QED) is 0.0267. The first kappa shape index (κ1) is 55.0. The minimum Gasteiger partial charge on any atom is -0.462 e. The highest BCUT2D eigenvalue weighted by Gasteiger charge is 2.26. The van der Waals surface area contributed by atoms with Crippen molar-refractivity contribution in [2.45, 2.75) is 213 Å². The number of ether oxygens (including phenoxy) is 2. The standard InChI is InChI=1S/C47H86NO8P/c1-3-5-7-9-11-13-15-17-19-21-23-25-27-29-31-33-35-37-39-46(49)53-43-45(44-55-57(51,52)54-42-41-48)56-47(50)40-38-36-34-32-30-28-26-24-22-20-18-16-14-12-10-8-6-4-2/h13-16,19-22,45H,3-12,17-18,23-44,48H2,1-2H3,(H,51,52)/b15-13-,16-14-,21-19-,22-20-. The fourth-order valence-electron chi connectivity index (χ4n) is 6.22. The summed E-state index contributed by atoms with van der Waals surface area (Å²) in [6, 6.07) is 0. The number of carbonyl (C=O) groups is 2. The molecular formula is C47H86NO8P. The van der Waals surface area contributed by atoms with Gasteiger partial charge < -0.3 is 20.1 Å². The average Bonchev–Trinajstić information content (AvgIpc) is 3.20. The van der Waals surface area contributed by atoms with Crippen molar-refractivity contribution in [1.82, 2.24) is 0 Å². The molecule has 0 amide bonds. The van der Waals surface area contributed by atoms with Crippen molar-refractivity contribution < 1.29 is 37.6 Å². The molecule has 10 heteroatoms. The molecule has 0 aliphatic carbocycles. The molecule has 0 rings (SSSR count). The van der Waals surface area contributed by atoms with Gasteiger partial charge in [-0.1, -0.05) is 165 Å². The predicted octanol–water partition coefficient (Wildman–Crippen LogP) is 13.5. The number of phosphoric ester groups is 1. The van der Waals surface area contributed by atoms with Crippen LogP contribution in [0, 0.1) is 0 Å². The average molecular weight is 824 g/mol. The van der Waals surface area contributed by atoms with Gasteiger partial charge in [0.25, 0.3) is 0 Å². The Balaban J connectivity index is 4.15. The van der Waals surface area contributed by atoms with Gasteiger partial charge in [0.2, 0.25) is 0 Å². The summed E-state index contributed by atoms with van der Waals surface area (Å²) >= 11 is 0. The Labute approximate surface area is 349 Å². The smallest absolute Gasteiger partial charge is 0.462 e. The molecule has 3 N–H and O–H groups in total. The van der Waals surface area contributed by atoms with E-state index < -0.39 is 32.5 Å². The summed E-state index contributed by atoms with van der Waals surface area (Å²) in [7, 11) is -4.38. The van der Waals surface area contributed by atoms with Gasteiger partial charge in [-0.2, -0.15) is 0 Å². The Kier molecular flexibility index (Phi) is 42.0. The minimum atomic E-state index is -4.38. The first-order valence-electron chi connectivity index (χ1n) is 23.1. The third-order valence-electron chi connectivity index (χ3n) is 9.69. The molecule has 0 radical (unpaired) electrons. The molecule has 0 aromatic carbocycles. The second-order valence-corrected chi connectivity index (χ2v) is 16.7. The normalized spacial score (nSPS) is 13.7. The first-order valence-corrected chi connectivity index (χ1v) is 24.6. The Bertz CT molecular complexity index is 1080. The zero-order chi connectivity index (χ0) is 41.8. The second-order valence-electron chi connectivity index (χ2n) is 15.3. The van der Waals surface area contributed by atoms with E-state index in [1.54, 1.807) is 0 Å². The van der Waals surface area contributed by atoms with Crippen LogP contribution in [-0.4, -0.2) is 49.3 Å². The molecule has 0 fully saturated rings. The largest absolute Gasteiger partial charge is 0.472 e. The predicted molar refractivity (Wildman–Crippen MR) is 238 cm³/mol. The Morgan fingerprint density at radius 3 is 1.33 bits per heavy atom.